The van der Waals surface area contributed by atoms with Gasteiger partial charge in [-0.1, -0.05) is 0 Å². The molecule has 2 heterocycles. The molecule has 0 radical (unpaired) electrons. The van der Waals surface area contributed by atoms with Crippen LogP contribution in [0, 0.1) is 17.6 Å². The minimum absolute atomic E-state index is 0. The lowest BCUT2D eigenvalue weighted by Crippen LogP contribution is -2.43. The minimum Gasteiger partial charge on any atom is -0.489 e. The lowest BCUT2D eigenvalue weighted by Gasteiger charge is -2.30. The molecule has 0 bridgehead atoms. The van der Waals surface area contributed by atoms with Crippen molar-refractivity contribution in [3.8, 4) is 5.75 Å². The number of hydrogen-bond donors (Lipinski definition) is 3. The van der Waals surface area contributed by atoms with Gasteiger partial charge in [-0.3, -0.25) is 4.79 Å². The van der Waals surface area contributed by atoms with E-state index in [4.69, 9.17) is 10.5 Å². The topological polar surface area (TPSA) is 80.1 Å². The highest BCUT2D eigenvalue weighted by atomic mass is 35.5. The number of aromatic nitrogens is 1. The van der Waals surface area contributed by atoms with Crippen molar-refractivity contribution in [1.82, 2.24) is 10.3 Å². The minimum atomic E-state index is -0.582. The van der Waals surface area contributed by atoms with Crippen molar-refractivity contribution < 1.29 is 18.3 Å². The summed E-state index contributed by atoms with van der Waals surface area (Å²) >= 11 is 0. The number of amides is 1. The second-order valence-electron chi connectivity index (χ2n) is 8.27. The highest BCUT2D eigenvalue weighted by Crippen LogP contribution is 2.33. The predicted molar refractivity (Wildman–Crippen MR) is 117 cm³/mol. The van der Waals surface area contributed by atoms with Crippen LogP contribution in [0.2, 0.25) is 0 Å². The van der Waals surface area contributed by atoms with Gasteiger partial charge < -0.3 is 20.8 Å². The lowest BCUT2D eigenvalue weighted by molar-refractivity contribution is 0.0997. The van der Waals surface area contributed by atoms with Gasteiger partial charge in [0.15, 0.2) is 11.6 Å². The lowest BCUT2D eigenvalue weighted by atomic mass is 9.86. The standard InChI is InChI=1S/C23H23F2N3O2.ClH/c24-13-2-6-21-17(8-13)16-7-12(1-5-20(16)28-21)10-27-14-9-18-15(23(26)29)3-4-19(25)22(18)30-11-14;/h2-4,6,8,12,14,27-28H,1,5,7,9-11H2,(H2,26,29);1H/t12-,14+;/m0./s1. The summed E-state index contributed by atoms with van der Waals surface area (Å²) in [6, 6.07) is 7.48. The fourth-order valence-corrected chi connectivity index (χ4v) is 4.78. The number of benzene rings is 2. The Morgan fingerprint density at radius 3 is 2.84 bits per heavy atom. The molecule has 31 heavy (non-hydrogen) atoms. The van der Waals surface area contributed by atoms with Gasteiger partial charge in [-0.2, -0.15) is 0 Å². The number of rotatable bonds is 4. The van der Waals surface area contributed by atoms with Gasteiger partial charge in [-0.15, -0.1) is 12.4 Å². The van der Waals surface area contributed by atoms with Crippen molar-refractivity contribution in [2.75, 3.05) is 13.2 Å². The van der Waals surface area contributed by atoms with Gasteiger partial charge in [0.1, 0.15) is 12.4 Å². The molecule has 8 heteroatoms. The summed E-state index contributed by atoms with van der Waals surface area (Å²) in [5.74, 6) is -0.737. The zero-order valence-corrected chi connectivity index (χ0v) is 17.7. The smallest absolute Gasteiger partial charge is 0.249 e. The van der Waals surface area contributed by atoms with Gasteiger partial charge in [0, 0.05) is 33.8 Å². The molecule has 0 fully saturated rings. The normalized spacial score (nSPS) is 19.8. The number of fused-ring (bicyclic) bond motifs is 4. The molecule has 164 valence electrons. The Bertz CT molecular complexity index is 1150. The van der Waals surface area contributed by atoms with Crippen LogP contribution in [0.15, 0.2) is 30.3 Å². The third kappa shape index (κ3) is 4.00. The largest absolute Gasteiger partial charge is 0.489 e. The maximum atomic E-state index is 14.1. The SMILES string of the molecule is Cl.NC(=O)c1ccc(F)c2c1C[C@@H](NC[C@H]1CCc3[nH]c4ccc(F)cc4c3C1)CO2. The highest BCUT2D eigenvalue weighted by molar-refractivity contribution is 5.95. The van der Waals surface area contributed by atoms with Crippen molar-refractivity contribution in [2.24, 2.45) is 11.7 Å². The van der Waals surface area contributed by atoms with Crippen LogP contribution >= 0.6 is 12.4 Å². The van der Waals surface area contributed by atoms with Crippen LogP contribution in [0.1, 0.15) is 33.6 Å². The molecule has 0 spiro atoms. The molecule has 0 unspecified atom stereocenters. The first-order chi connectivity index (χ1) is 14.5. The predicted octanol–water partition coefficient (Wildman–Crippen LogP) is 3.67. The molecule has 3 aromatic rings. The number of H-pyrrole nitrogens is 1. The quantitative estimate of drug-likeness (QED) is 0.571. The Labute approximate surface area is 184 Å². The first-order valence-corrected chi connectivity index (χ1v) is 10.3. The van der Waals surface area contributed by atoms with E-state index in [1.54, 1.807) is 12.1 Å². The van der Waals surface area contributed by atoms with E-state index >= 15 is 0 Å². The summed E-state index contributed by atoms with van der Waals surface area (Å²) in [7, 11) is 0. The van der Waals surface area contributed by atoms with Crippen molar-refractivity contribution in [3.05, 3.63) is 64.4 Å². The molecule has 1 aliphatic heterocycles. The van der Waals surface area contributed by atoms with Crippen LogP contribution in [-0.4, -0.2) is 30.1 Å². The third-order valence-corrected chi connectivity index (χ3v) is 6.30. The van der Waals surface area contributed by atoms with Crippen LogP contribution < -0.4 is 15.8 Å². The molecule has 1 amide bonds. The number of nitrogens with one attached hydrogen (secondary N) is 2. The van der Waals surface area contributed by atoms with Crippen LogP contribution in [-0.2, 0) is 19.3 Å². The number of primary amides is 1. The molecule has 1 aliphatic carbocycles. The summed E-state index contributed by atoms with van der Waals surface area (Å²) in [5, 5.41) is 4.48. The van der Waals surface area contributed by atoms with Crippen LogP contribution in [0.3, 0.4) is 0 Å². The third-order valence-electron chi connectivity index (χ3n) is 6.30. The maximum Gasteiger partial charge on any atom is 0.249 e. The molecule has 5 rings (SSSR count). The van der Waals surface area contributed by atoms with Gasteiger partial charge in [-0.05, 0) is 74.0 Å². The highest BCUT2D eigenvalue weighted by Gasteiger charge is 2.28. The van der Waals surface area contributed by atoms with E-state index in [0.29, 0.717) is 30.1 Å². The average molecular weight is 448 g/mol. The van der Waals surface area contributed by atoms with Gasteiger partial charge >= 0.3 is 0 Å². The van der Waals surface area contributed by atoms with Gasteiger partial charge in [-0.25, -0.2) is 8.78 Å². The number of nitrogens with two attached hydrogens (primary N) is 1. The first-order valence-electron chi connectivity index (χ1n) is 10.3. The van der Waals surface area contributed by atoms with Crippen molar-refractivity contribution in [2.45, 2.75) is 31.7 Å². The summed E-state index contributed by atoms with van der Waals surface area (Å²) in [4.78, 5) is 15.1. The van der Waals surface area contributed by atoms with E-state index in [1.165, 1.54) is 29.5 Å². The van der Waals surface area contributed by atoms with Crippen LogP contribution in [0.4, 0.5) is 8.78 Å². The Hall–Kier alpha value is -2.64. The molecule has 2 aromatic carbocycles. The summed E-state index contributed by atoms with van der Waals surface area (Å²) in [6.07, 6.45) is 3.32. The molecule has 1 aromatic heterocycles. The number of aryl methyl sites for hydroxylation is 1. The number of hydrogen-bond acceptors (Lipinski definition) is 3. The molecule has 0 saturated heterocycles. The van der Waals surface area contributed by atoms with Crippen molar-refractivity contribution in [1.29, 1.82) is 0 Å². The zero-order valence-electron chi connectivity index (χ0n) is 16.8. The molecular formula is C23H24ClF2N3O2. The fraction of sp³-hybridized carbons (Fsp3) is 0.348. The van der Waals surface area contributed by atoms with E-state index in [-0.39, 0.29) is 30.0 Å². The molecule has 5 nitrogen and oxygen atoms in total. The summed E-state index contributed by atoms with van der Waals surface area (Å²) < 4.78 is 33.4. The Kier molecular flexibility index (Phi) is 5.90. The maximum absolute atomic E-state index is 14.1. The second kappa shape index (κ2) is 8.48. The van der Waals surface area contributed by atoms with E-state index in [0.717, 1.165) is 36.7 Å². The van der Waals surface area contributed by atoms with Crippen LogP contribution in [0.5, 0.6) is 5.75 Å². The molecule has 2 atom stereocenters. The molecular weight excluding hydrogens is 424 g/mol. The van der Waals surface area contributed by atoms with E-state index < -0.39 is 11.7 Å². The monoisotopic (exact) mass is 447 g/mol. The fourth-order valence-electron chi connectivity index (χ4n) is 4.78. The summed E-state index contributed by atoms with van der Waals surface area (Å²) in [6.45, 7) is 1.11. The number of aromatic amines is 1. The second-order valence-corrected chi connectivity index (χ2v) is 8.27. The molecule has 0 saturated carbocycles. The Balaban J connectivity index is 0.00000231. The van der Waals surface area contributed by atoms with Crippen molar-refractivity contribution >= 4 is 29.2 Å². The van der Waals surface area contributed by atoms with E-state index in [9.17, 15) is 13.6 Å². The van der Waals surface area contributed by atoms with Crippen molar-refractivity contribution in [3.63, 3.8) is 0 Å². The van der Waals surface area contributed by atoms with E-state index in [1.807, 2.05) is 0 Å². The summed E-state index contributed by atoms with van der Waals surface area (Å²) in [5.41, 5.74) is 9.66. The Morgan fingerprint density at radius 1 is 1.19 bits per heavy atom. The average Bonchev–Trinajstić information content (AvgIpc) is 3.09. The number of ether oxygens (including phenoxy) is 1. The molecule has 4 N–H and O–H groups in total. The van der Waals surface area contributed by atoms with Gasteiger partial charge in [0.2, 0.25) is 5.91 Å². The first kappa shape index (κ1) is 21.6. The van der Waals surface area contributed by atoms with E-state index in [2.05, 4.69) is 10.3 Å². The number of carbonyl (C=O) groups is 1. The molecule has 2 aliphatic rings. The van der Waals surface area contributed by atoms with Crippen LogP contribution in [0.25, 0.3) is 10.9 Å². The Morgan fingerprint density at radius 2 is 2.03 bits per heavy atom. The van der Waals surface area contributed by atoms with Gasteiger partial charge in [0.05, 0.1) is 0 Å². The van der Waals surface area contributed by atoms with Gasteiger partial charge in [0.25, 0.3) is 0 Å². The zero-order chi connectivity index (χ0) is 20.8. The number of halogens is 3. The number of carbonyl (C=O) groups excluding carboxylic acids is 1.